The van der Waals surface area contributed by atoms with Crippen molar-refractivity contribution in [3.05, 3.63) is 46.5 Å². The summed E-state index contributed by atoms with van der Waals surface area (Å²) in [6.45, 7) is 5.40. The standard InChI is InChI=1S/C16H20N4O/c1-11-7-14(17-8-12(11)2)16(21)20-6-4-5-15-13(10-20)9-18-19(15)3/h7-9H,4-6,10H2,1-3H3. The first kappa shape index (κ1) is 13.8. The van der Waals surface area contributed by atoms with Gasteiger partial charge in [-0.2, -0.15) is 5.10 Å². The fourth-order valence-corrected chi connectivity index (χ4v) is 2.76. The van der Waals surface area contributed by atoms with E-state index in [9.17, 15) is 4.79 Å². The number of fused-ring (bicyclic) bond motifs is 1. The molecule has 0 spiro atoms. The van der Waals surface area contributed by atoms with E-state index in [4.69, 9.17) is 0 Å². The van der Waals surface area contributed by atoms with Crippen LogP contribution < -0.4 is 0 Å². The van der Waals surface area contributed by atoms with E-state index in [2.05, 4.69) is 10.1 Å². The van der Waals surface area contributed by atoms with E-state index in [1.165, 1.54) is 5.69 Å². The van der Waals surface area contributed by atoms with Gasteiger partial charge in [-0.25, -0.2) is 0 Å². The Kier molecular flexibility index (Phi) is 3.49. The molecule has 0 unspecified atom stereocenters. The van der Waals surface area contributed by atoms with Gasteiger partial charge in [-0.3, -0.25) is 14.5 Å². The number of hydrogen-bond donors (Lipinski definition) is 0. The summed E-state index contributed by atoms with van der Waals surface area (Å²) in [5.74, 6) is 0.00908. The van der Waals surface area contributed by atoms with E-state index in [1.54, 1.807) is 6.20 Å². The number of carbonyl (C=O) groups excluding carboxylic acids is 1. The third-order valence-corrected chi connectivity index (χ3v) is 4.23. The van der Waals surface area contributed by atoms with Crippen molar-refractivity contribution in [2.24, 2.45) is 7.05 Å². The molecule has 21 heavy (non-hydrogen) atoms. The maximum atomic E-state index is 12.7. The van der Waals surface area contributed by atoms with Gasteiger partial charge in [0.05, 0.1) is 6.20 Å². The van der Waals surface area contributed by atoms with Gasteiger partial charge in [0.2, 0.25) is 0 Å². The van der Waals surface area contributed by atoms with Crippen molar-refractivity contribution >= 4 is 5.91 Å². The number of amides is 1. The third kappa shape index (κ3) is 2.55. The smallest absolute Gasteiger partial charge is 0.272 e. The Morgan fingerprint density at radius 1 is 1.24 bits per heavy atom. The van der Waals surface area contributed by atoms with Crippen molar-refractivity contribution in [2.75, 3.05) is 6.54 Å². The summed E-state index contributed by atoms with van der Waals surface area (Å²) in [6.07, 6.45) is 5.57. The normalized spacial score (nSPS) is 14.7. The molecule has 3 rings (SSSR count). The van der Waals surface area contributed by atoms with Crippen molar-refractivity contribution < 1.29 is 4.79 Å². The molecule has 1 aliphatic heterocycles. The van der Waals surface area contributed by atoms with Crippen LogP contribution in [0.1, 0.15) is 39.3 Å². The molecule has 2 aromatic heterocycles. The van der Waals surface area contributed by atoms with E-state index in [1.807, 2.05) is 42.7 Å². The van der Waals surface area contributed by atoms with Gasteiger partial charge in [0.15, 0.2) is 0 Å². The first-order valence-corrected chi connectivity index (χ1v) is 7.28. The summed E-state index contributed by atoms with van der Waals surface area (Å²) in [4.78, 5) is 18.8. The highest BCUT2D eigenvalue weighted by molar-refractivity contribution is 5.92. The summed E-state index contributed by atoms with van der Waals surface area (Å²) < 4.78 is 1.91. The Morgan fingerprint density at radius 2 is 2.05 bits per heavy atom. The number of carbonyl (C=O) groups is 1. The first-order valence-electron chi connectivity index (χ1n) is 7.28. The van der Waals surface area contributed by atoms with Crippen LogP contribution in [-0.2, 0) is 20.0 Å². The number of pyridine rings is 1. The number of nitrogens with zero attached hydrogens (tertiary/aromatic N) is 4. The van der Waals surface area contributed by atoms with E-state index in [0.717, 1.165) is 36.1 Å². The Labute approximate surface area is 124 Å². The molecule has 0 aliphatic carbocycles. The fraction of sp³-hybridized carbons (Fsp3) is 0.438. The second kappa shape index (κ2) is 5.31. The van der Waals surface area contributed by atoms with Crippen LogP contribution in [0.25, 0.3) is 0 Å². The van der Waals surface area contributed by atoms with Crippen LogP contribution in [0.5, 0.6) is 0 Å². The van der Waals surface area contributed by atoms with Gasteiger partial charge in [0.1, 0.15) is 5.69 Å². The molecular formula is C16H20N4O. The van der Waals surface area contributed by atoms with Gasteiger partial charge < -0.3 is 4.90 Å². The molecular weight excluding hydrogens is 264 g/mol. The van der Waals surface area contributed by atoms with Crippen LogP contribution in [0.4, 0.5) is 0 Å². The molecule has 0 atom stereocenters. The van der Waals surface area contributed by atoms with Gasteiger partial charge in [0.25, 0.3) is 5.91 Å². The van der Waals surface area contributed by atoms with Crippen molar-refractivity contribution in [3.8, 4) is 0 Å². The lowest BCUT2D eigenvalue weighted by atomic mass is 10.1. The van der Waals surface area contributed by atoms with E-state index in [-0.39, 0.29) is 5.91 Å². The van der Waals surface area contributed by atoms with Crippen molar-refractivity contribution in [1.29, 1.82) is 0 Å². The first-order chi connectivity index (χ1) is 10.1. The fourth-order valence-electron chi connectivity index (χ4n) is 2.76. The summed E-state index contributed by atoms with van der Waals surface area (Å²) in [5, 5.41) is 4.30. The molecule has 0 saturated heterocycles. The number of rotatable bonds is 1. The average molecular weight is 284 g/mol. The van der Waals surface area contributed by atoms with Crippen molar-refractivity contribution in [3.63, 3.8) is 0 Å². The zero-order valence-electron chi connectivity index (χ0n) is 12.8. The highest BCUT2D eigenvalue weighted by atomic mass is 16.2. The molecule has 5 nitrogen and oxygen atoms in total. The van der Waals surface area contributed by atoms with E-state index < -0.39 is 0 Å². The molecule has 5 heteroatoms. The molecule has 3 heterocycles. The summed E-state index contributed by atoms with van der Waals surface area (Å²) in [6, 6.07) is 1.88. The van der Waals surface area contributed by atoms with Gasteiger partial charge >= 0.3 is 0 Å². The van der Waals surface area contributed by atoms with Crippen LogP contribution in [0.2, 0.25) is 0 Å². The van der Waals surface area contributed by atoms with Crippen LogP contribution in [0.3, 0.4) is 0 Å². The Balaban J connectivity index is 1.86. The monoisotopic (exact) mass is 284 g/mol. The highest BCUT2D eigenvalue weighted by Gasteiger charge is 2.23. The predicted octanol–water partition coefficient (Wildman–Crippen LogP) is 2.02. The second-order valence-corrected chi connectivity index (χ2v) is 5.72. The lowest BCUT2D eigenvalue weighted by molar-refractivity contribution is 0.0740. The lowest BCUT2D eigenvalue weighted by Gasteiger charge is -2.20. The van der Waals surface area contributed by atoms with Gasteiger partial charge in [0, 0.05) is 37.6 Å². The van der Waals surface area contributed by atoms with Gasteiger partial charge in [-0.1, -0.05) is 0 Å². The minimum Gasteiger partial charge on any atom is -0.333 e. The van der Waals surface area contributed by atoms with Crippen molar-refractivity contribution in [2.45, 2.75) is 33.2 Å². The Hall–Kier alpha value is -2.17. The molecule has 1 aliphatic rings. The van der Waals surface area contributed by atoms with E-state index >= 15 is 0 Å². The summed E-state index contributed by atoms with van der Waals surface area (Å²) >= 11 is 0. The lowest BCUT2D eigenvalue weighted by Crippen LogP contribution is -2.31. The van der Waals surface area contributed by atoms with Crippen LogP contribution in [0.15, 0.2) is 18.5 Å². The number of aromatic nitrogens is 3. The minimum absolute atomic E-state index is 0.00908. The Morgan fingerprint density at radius 3 is 2.81 bits per heavy atom. The molecule has 0 fully saturated rings. The molecule has 2 aromatic rings. The van der Waals surface area contributed by atoms with Crippen molar-refractivity contribution in [1.82, 2.24) is 19.7 Å². The molecule has 0 N–H and O–H groups in total. The number of hydrogen-bond acceptors (Lipinski definition) is 3. The molecule has 0 bridgehead atoms. The molecule has 0 aromatic carbocycles. The highest BCUT2D eigenvalue weighted by Crippen LogP contribution is 2.19. The zero-order chi connectivity index (χ0) is 15.0. The minimum atomic E-state index is 0.00908. The molecule has 0 saturated carbocycles. The third-order valence-electron chi connectivity index (χ3n) is 4.23. The van der Waals surface area contributed by atoms with Crippen LogP contribution >= 0.6 is 0 Å². The summed E-state index contributed by atoms with van der Waals surface area (Å²) in [7, 11) is 1.96. The van der Waals surface area contributed by atoms with Crippen LogP contribution in [0, 0.1) is 13.8 Å². The average Bonchev–Trinajstić information content (AvgIpc) is 2.70. The molecule has 1 amide bonds. The summed E-state index contributed by atoms with van der Waals surface area (Å²) in [5.41, 5.74) is 5.12. The largest absolute Gasteiger partial charge is 0.333 e. The quantitative estimate of drug-likeness (QED) is 0.805. The van der Waals surface area contributed by atoms with Crippen LogP contribution in [-0.4, -0.2) is 32.1 Å². The molecule has 110 valence electrons. The van der Waals surface area contributed by atoms with E-state index in [0.29, 0.717) is 12.2 Å². The van der Waals surface area contributed by atoms with Gasteiger partial charge in [-0.05, 0) is 43.9 Å². The zero-order valence-corrected chi connectivity index (χ0v) is 12.8. The number of aryl methyl sites for hydroxylation is 3. The maximum Gasteiger partial charge on any atom is 0.272 e. The molecule has 0 radical (unpaired) electrons. The maximum absolute atomic E-state index is 12.7. The Bertz CT molecular complexity index is 690. The second-order valence-electron chi connectivity index (χ2n) is 5.72. The predicted molar refractivity (Wildman–Crippen MR) is 80.0 cm³/mol. The van der Waals surface area contributed by atoms with Gasteiger partial charge in [-0.15, -0.1) is 0 Å². The SMILES string of the molecule is Cc1cnc(C(=O)N2CCCc3c(cnn3C)C2)cc1C. The topological polar surface area (TPSA) is 51.0 Å².